The molecule has 1 rings (SSSR count). The number of rotatable bonds is 2. The van der Waals surface area contributed by atoms with E-state index in [1.54, 1.807) is 6.92 Å². The number of aliphatic hydroxyl groups is 1. The van der Waals surface area contributed by atoms with Gasteiger partial charge in [0.25, 0.3) is 0 Å². The summed E-state index contributed by atoms with van der Waals surface area (Å²) in [4.78, 5) is 22.5. The van der Waals surface area contributed by atoms with Crippen molar-refractivity contribution in [2.75, 3.05) is 14.2 Å². The number of hydrogen-bond acceptors (Lipinski definition) is 4. The predicted octanol–water partition coefficient (Wildman–Crippen LogP) is 1.16. The largest absolute Gasteiger partial charge is 0.469 e. The number of carbonyl (C=O) groups excluding carboxylic acids is 2. The summed E-state index contributed by atoms with van der Waals surface area (Å²) in [6, 6.07) is 0. The number of hydrogen-bond donors (Lipinski definition) is 1. The third kappa shape index (κ3) is 4.00. The molecule has 4 heteroatoms. The highest BCUT2D eigenvalue weighted by atomic mass is 16.5. The van der Waals surface area contributed by atoms with E-state index in [1.165, 1.54) is 7.11 Å². The maximum absolute atomic E-state index is 11.3. The van der Waals surface area contributed by atoms with Crippen molar-refractivity contribution in [2.24, 2.45) is 11.8 Å². The normalized spacial score (nSPS) is 24.8. The summed E-state index contributed by atoms with van der Waals surface area (Å²) in [7, 11) is 2.38. The van der Waals surface area contributed by atoms with E-state index < -0.39 is 0 Å². The summed E-state index contributed by atoms with van der Waals surface area (Å²) in [5, 5.41) is 7.00. The molecule has 0 bridgehead atoms. The Hall–Kier alpha value is -0.900. The predicted molar refractivity (Wildman–Crippen MR) is 56.3 cm³/mol. The lowest BCUT2D eigenvalue weighted by atomic mass is 9.77. The van der Waals surface area contributed by atoms with Gasteiger partial charge >= 0.3 is 5.97 Å². The Morgan fingerprint density at radius 3 is 2.00 bits per heavy atom. The second-order valence-electron chi connectivity index (χ2n) is 3.63. The smallest absolute Gasteiger partial charge is 0.309 e. The van der Waals surface area contributed by atoms with Gasteiger partial charge < -0.3 is 9.84 Å². The Kier molecular flexibility index (Phi) is 6.96. The van der Waals surface area contributed by atoms with Crippen LogP contribution in [-0.2, 0) is 14.3 Å². The Morgan fingerprint density at radius 1 is 1.13 bits per heavy atom. The highest BCUT2D eigenvalue weighted by Gasteiger charge is 2.34. The van der Waals surface area contributed by atoms with Crippen molar-refractivity contribution >= 4 is 11.8 Å². The molecule has 0 heterocycles. The van der Waals surface area contributed by atoms with Gasteiger partial charge in [-0.1, -0.05) is 12.8 Å². The SMILES string of the molecule is CO.COC(=O)C1CCCCC1C(C)=O. The molecular weight excluding hydrogens is 196 g/mol. The maximum atomic E-state index is 11.3. The topological polar surface area (TPSA) is 63.6 Å². The third-order valence-corrected chi connectivity index (χ3v) is 2.79. The summed E-state index contributed by atoms with van der Waals surface area (Å²) >= 11 is 0. The van der Waals surface area contributed by atoms with Crippen LogP contribution in [0, 0.1) is 11.8 Å². The Morgan fingerprint density at radius 2 is 1.60 bits per heavy atom. The van der Waals surface area contributed by atoms with Crippen LogP contribution in [0.4, 0.5) is 0 Å². The van der Waals surface area contributed by atoms with Gasteiger partial charge in [0.2, 0.25) is 0 Å². The zero-order valence-electron chi connectivity index (χ0n) is 9.66. The van der Waals surface area contributed by atoms with Crippen molar-refractivity contribution in [3.05, 3.63) is 0 Å². The van der Waals surface area contributed by atoms with E-state index in [-0.39, 0.29) is 23.6 Å². The first-order valence-electron chi connectivity index (χ1n) is 5.20. The van der Waals surface area contributed by atoms with Gasteiger partial charge in [-0.25, -0.2) is 0 Å². The highest BCUT2D eigenvalue weighted by Crippen LogP contribution is 2.31. The molecule has 0 saturated heterocycles. The monoisotopic (exact) mass is 216 g/mol. The molecule has 4 nitrogen and oxygen atoms in total. The van der Waals surface area contributed by atoms with E-state index in [1.807, 2.05) is 0 Å². The quantitative estimate of drug-likeness (QED) is 0.704. The first-order valence-corrected chi connectivity index (χ1v) is 5.20. The summed E-state index contributed by atoms with van der Waals surface area (Å²) in [6.45, 7) is 1.56. The van der Waals surface area contributed by atoms with Gasteiger partial charge in [-0.3, -0.25) is 9.59 Å². The first-order chi connectivity index (χ1) is 7.16. The van der Waals surface area contributed by atoms with Crippen LogP contribution in [0.1, 0.15) is 32.6 Å². The fourth-order valence-corrected chi connectivity index (χ4v) is 2.05. The molecule has 1 saturated carbocycles. The van der Waals surface area contributed by atoms with Crippen molar-refractivity contribution in [3.8, 4) is 0 Å². The molecule has 0 aromatic rings. The fraction of sp³-hybridized carbons (Fsp3) is 0.818. The standard InChI is InChI=1S/C10H16O3.CH4O/c1-7(11)8-5-3-4-6-9(8)10(12)13-2;1-2/h8-9H,3-6H2,1-2H3;2H,1H3. The van der Waals surface area contributed by atoms with Crippen molar-refractivity contribution < 1.29 is 19.4 Å². The van der Waals surface area contributed by atoms with E-state index in [9.17, 15) is 9.59 Å². The Labute approximate surface area is 90.6 Å². The lowest BCUT2D eigenvalue weighted by Crippen LogP contribution is -2.32. The summed E-state index contributed by atoms with van der Waals surface area (Å²) in [5.41, 5.74) is 0. The van der Waals surface area contributed by atoms with E-state index in [0.717, 1.165) is 32.8 Å². The van der Waals surface area contributed by atoms with Gasteiger partial charge in [0.15, 0.2) is 0 Å². The number of esters is 1. The van der Waals surface area contributed by atoms with E-state index in [2.05, 4.69) is 4.74 Å². The summed E-state index contributed by atoms with van der Waals surface area (Å²) in [6.07, 6.45) is 3.73. The molecule has 0 aromatic heterocycles. The molecule has 2 atom stereocenters. The van der Waals surface area contributed by atoms with Crippen LogP contribution in [0.25, 0.3) is 0 Å². The maximum Gasteiger partial charge on any atom is 0.309 e. The molecule has 0 radical (unpaired) electrons. The second kappa shape index (κ2) is 7.40. The second-order valence-corrected chi connectivity index (χ2v) is 3.63. The Balaban J connectivity index is 0.000000921. The molecule has 1 aliphatic rings. The minimum Gasteiger partial charge on any atom is -0.469 e. The molecule has 15 heavy (non-hydrogen) atoms. The van der Waals surface area contributed by atoms with Gasteiger partial charge in [-0.15, -0.1) is 0 Å². The van der Waals surface area contributed by atoms with Crippen LogP contribution in [-0.4, -0.2) is 31.1 Å². The summed E-state index contributed by atoms with van der Waals surface area (Å²) in [5.74, 6) is -0.382. The number of carbonyl (C=O) groups is 2. The van der Waals surface area contributed by atoms with Crippen molar-refractivity contribution in [1.82, 2.24) is 0 Å². The van der Waals surface area contributed by atoms with E-state index >= 15 is 0 Å². The van der Waals surface area contributed by atoms with Crippen LogP contribution in [0.2, 0.25) is 0 Å². The van der Waals surface area contributed by atoms with Crippen LogP contribution in [0.5, 0.6) is 0 Å². The molecule has 1 fully saturated rings. The molecule has 0 aliphatic heterocycles. The zero-order valence-corrected chi connectivity index (χ0v) is 9.66. The van der Waals surface area contributed by atoms with Crippen molar-refractivity contribution in [3.63, 3.8) is 0 Å². The summed E-state index contributed by atoms with van der Waals surface area (Å²) < 4.78 is 4.68. The number of ketones is 1. The van der Waals surface area contributed by atoms with Gasteiger partial charge in [-0.05, 0) is 19.8 Å². The first kappa shape index (κ1) is 14.1. The lowest BCUT2D eigenvalue weighted by molar-refractivity contribution is -0.151. The number of Topliss-reactive ketones (excluding diaryl/α,β-unsaturated/α-hetero) is 1. The minimum absolute atomic E-state index is 0.0961. The Bertz CT molecular complexity index is 213. The average molecular weight is 216 g/mol. The molecule has 2 unspecified atom stereocenters. The van der Waals surface area contributed by atoms with Crippen LogP contribution < -0.4 is 0 Å². The molecule has 88 valence electrons. The third-order valence-electron chi connectivity index (χ3n) is 2.79. The highest BCUT2D eigenvalue weighted by molar-refractivity contribution is 5.85. The van der Waals surface area contributed by atoms with Crippen molar-refractivity contribution in [1.29, 1.82) is 0 Å². The fourth-order valence-electron chi connectivity index (χ4n) is 2.05. The number of methoxy groups -OCH3 is 1. The van der Waals surface area contributed by atoms with E-state index in [4.69, 9.17) is 5.11 Å². The number of ether oxygens (including phenoxy) is 1. The molecular formula is C11H20O4. The van der Waals surface area contributed by atoms with E-state index in [0.29, 0.717) is 0 Å². The van der Waals surface area contributed by atoms with Gasteiger partial charge in [0, 0.05) is 13.0 Å². The minimum atomic E-state index is -0.222. The van der Waals surface area contributed by atoms with Gasteiger partial charge in [0.05, 0.1) is 13.0 Å². The van der Waals surface area contributed by atoms with Gasteiger partial charge in [-0.2, -0.15) is 0 Å². The van der Waals surface area contributed by atoms with Gasteiger partial charge in [0.1, 0.15) is 5.78 Å². The van der Waals surface area contributed by atoms with Crippen LogP contribution in [0.15, 0.2) is 0 Å². The number of aliphatic hydroxyl groups excluding tert-OH is 1. The molecule has 0 spiro atoms. The molecule has 1 N–H and O–H groups in total. The molecule has 0 amide bonds. The average Bonchev–Trinajstić information content (AvgIpc) is 2.30. The lowest BCUT2D eigenvalue weighted by Gasteiger charge is -2.27. The van der Waals surface area contributed by atoms with Crippen LogP contribution in [0.3, 0.4) is 0 Å². The molecule has 1 aliphatic carbocycles. The van der Waals surface area contributed by atoms with Crippen molar-refractivity contribution in [2.45, 2.75) is 32.6 Å². The molecule has 0 aromatic carbocycles. The van der Waals surface area contributed by atoms with Crippen LogP contribution >= 0.6 is 0 Å². The zero-order chi connectivity index (χ0) is 11.8.